The van der Waals surface area contributed by atoms with Crippen LogP contribution in [0.1, 0.15) is 33.4 Å². The van der Waals surface area contributed by atoms with Crippen LogP contribution in [0.25, 0.3) is 43.8 Å². The van der Waals surface area contributed by atoms with Crippen LogP contribution in [0.2, 0.25) is 0 Å². The van der Waals surface area contributed by atoms with Crippen molar-refractivity contribution < 1.29 is 61.3 Å². The predicted molar refractivity (Wildman–Crippen MR) is 252 cm³/mol. The number of benzene rings is 9. The van der Waals surface area contributed by atoms with Crippen molar-refractivity contribution in [1.82, 2.24) is 0 Å². The number of anilines is 3. The van der Waals surface area contributed by atoms with Gasteiger partial charge in [0, 0.05) is 48.6 Å². The smallest absolute Gasteiger partial charge is 0.205 e. The maximum Gasteiger partial charge on any atom is 0.205 e. The minimum absolute atomic E-state index is 0.0675. The molecule has 0 saturated carbocycles. The molecule has 0 bridgehead atoms. The third-order valence-electron chi connectivity index (χ3n) is 13.4. The van der Waals surface area contributed by atoms with Gasteiger partial charge in [0.2, 0.25) is 11.5 Å². The van der Waals surface area contributed by atoms with E-state index in [2.05, 4.69) is 0 Å². The molecule has 67 heavy (non-hydrogen) atoms. The van der Waals surface area contributed by atoms with Gasteiger partial charge in [-0.05, 0) is 83.6 Å². The third-order valence-corrected chi connectivity index (χ3v) is 14.6. The van der Waals surface area contributed by atoms with Crippen LogP contribution in [0.5, 0.6) is 69.0 Å². The summed E-state index contributed by atoms with van der Waals surface area (Å²) < 4.78 is 0. The zero-order chi connectivity index (χ0) is 47.1. The second-order valence-corrected chi connectivity index (χ2v) is 17.7. The molecule has 0 atom stereocenters. The number of fused-ring (bicyclic) bond motifs is 11. The van der Waals surface area contributed by atoms with Crippen LogP contribution in [0.3, 0.4) is 0 Å². The van der Waals surface area contributed by atoms with E-state index in [4.69, 9.17) is 0 Å². The maximum absolute atomic E-state index is 12.6. The van der Waals surface area contributed by atoms with E-state index in [1.54, 1.807) is 61.2 Å². The molecule has 2 aliphatic rings. The lowest BCUT2D eigenvalue weighted by atomic mass is 9.66. The zero-order valence-corrected chi connectivity index (χ0v) is 36.0. The highest BCUT2D eigenvalue weighted by molar-refractivity contribution is 7.99. The van der Waals surface area contributed by atoms with Crippen molar-refractivity contribution in [2.45, 2.75) is 29.1 Å². The van der Waals surface area contributed by atoms with E-state index in [1.807, 2.05) is 48.5 Å². The highest BCUT2D eigenvalue weighted by Gasteiger charge is 2.53. The summed E-state index contributed by atoms with van der Waals surface area (Å²) in [6.07, 6.45) is 0. The van der Waals surface area contributed by atoms with Gasteiger partial charge in [0.1, 0.15) is 22.9 Å². The molecule has 0 unspecified atom stereocenters. The Kier molecular flexibility index (Phi) is 8.64. The Hall–Kier alpha value is -8.75. The molecular weight excluding hydrogens is 875 g/mol. The van der Waals surface area contributed by atoms with E-state index in [9.17, 15) is 61.3 Å². The van der Waals surface area contributed by atoms with Gasteiger partial charge >= 0.3 is 0 Å². The number of hydrogen-bond donors (Lipinski definition) is 12. The van der Waals surface area contributed by atoms with E-state index in [-0.39, 0.29) is 50.9 Å². The summed E-state index contributed by atoms with van der Waals surface area (Å²) in [7, 11) is 0. The quantitative estimate of drug-likeness (QED) is 0.0580. The Morgan fingerprint density at radius 2 is 0.910 bits per heavy atom. The van der Waals surface area contributed by atoms with Crippen LogP contribution in [0.4, 0.5) is 17.1 Å². The molecule has 9 aromatic rings. The van der Waals surface area contributed by atoms with Crippen molar-refractivity contribution >= 4 is 50.4 Å². The number of nitrogens with zero attached hydrogens (tertiary/aromatic N) is 1. The largest absolute Gasteiger partial charge is 0.507 e. The molecule has 0 amide bonds. The predicted octanol–water partition coefficient (Wildman–Crippen LogP) is 11.0. The van der Waals surface area contributed by atoms with Crippen molar-refractivity contribution in [1.29, 1.82) is 0 Å². The van der Waals surface area contributed by atoms with Crippen molar-refractivity contribution in [2.24, 2.45) is 0 Å². The second kappa shape index (κ2) is 14.1. The van der Waals surface area contributed by atoms with E-state index in [1.165, 1.54) is 36.1 Å². The summed E-state index contributed by atoms with van der Waals surface area (Å²) in [6.45, 7) is 3.11. The van der Waals surface area contributed by atoms with Gasteiger partial charge in [-0.25, -0.2) is 0 Å². The standard InChI is InChI=1S/C53H37NO12S/c1-22-23(2)42(56)46(60)35(41(22)55)24-15-17-25(18-16-24)54(40-45(59)37-38(47(61)50(40)64)49(63)52(66)51(65)48(37)62)26-19-20-30-29(21-26)36-39(44(58)28-10-4-3-9-27(28)43(36)57)53(30)31-11-5-7-13-33(31)67-34-14-8-6-12-32(34)53/h3-21,55-66H,1-2H3. The first-order chi connectivity index (χ1) is 32.1. The molecule has 332 valence electrons. The minimum atomic E-state index is -1.23. The molecule has 12 N–H and O–H groups in total. The summed E-state index contributed by atoms with van der Waals surface area (Å²) in [5.74, 6) is -9.37. The first-order valence-electron chi connectivity index (χ1n) is 20.8. The maximum atomic E-state index is 12.6. The number of aromatic hydroxyl groups is 12. The molecule has 0 aromatic heterocycles. The Labute approximate surface area is 384 Å². The average molecular weight is 912 g/mol. The molecule has 0 saturated heterocycles. The topological polar surface area (TPSA) is 246 Å². The molecule has 0 radical (unpaired) electrons. The van der Waals surface area contributed by atoms with E-state index in [0.29, 0.717) is 33.0 Å². The average Bonchev–Trinajstić information content (AvgIpc) is 3.64. The van der Waals surface area contributed by atoms with Crippen molar-refractivity contribution in [3.05, 3.63) is 149 Å². The van der Waals surface area contributed by atoms with Gasteiger partial charge in [0.25, 0.3) is 0 Å². The number of rotatable bonds is 4. The molecule has 14 heteroatoms. The zero-order valence-electron chi connectivity index (χ0n) is 35.2. The van der Waals surface area contributed by atoms with Gasteiger partial charge in [-0.3, -0.25) is 0 Å². The van der Waals surface area contributed by atoms with Crippen LogP contribution in [0.15, 0.2) is 125 Å². The number of phenolic OH excluding ortho intramolecular Hbond substituents is 12. The SMILES string of the molecule is Cc1c(C)c(O)c(-c2ccc(N(c3ccc4c(c3)-c3c(c(O)c5ccccc5c3O)C43c4ccccc4Sc4ccccc43)c3c(O)c(O)c4c(O)c(O)c(O)c(O)c4c3O)cc2)c(O)c1O. The molecule has 0 fully saturated rings. The van der Waals surface area contributed by atoms with Crippen LogP contribution in [-0.4, -0.2) is 61.3 Å². The molecule has 13 nitrogen and oxygen atoms in total. The van der Waals surface area contributed by atoms with Crippen molar-refractivity contribution in [3.8, 4) is 91.2 Å². The van der Waals surface area contributed by atoms with E-state index >= 15 is 0 Å². The van der Waals surface area contributed by atoms with Gasteiger partial charge in [-0.1, -0.05) is 90.6 Å². The Morgan fingerprint density at radius 3 is 1.52 bits per heavy atom. The van der Waals surface area contributed by atoms with Crippen molar-refractivity contribution in [2.75, 3.05) is 4.90 Å². The molecule has 1 spiro atoms. The molecule has 9 aromatic carbocycles. The highest BCUT2D eigenvalue weighted by atomic mass is 32.2. The molecule has 1 aliphatic heterocycles. The molecule has 1 heterocycles. The summed E-state index contributed by atoms with van der Waals surface area (Å²) in [6, 6.07) is 33.6. The Balaban J connectivity index is 1.25. The normalized spacial score (nSPS) is 13.1. The van der Waals surface area contributed by atoms with Gasteiger partial charge in [-0.15, -0.1) is 0 Å². The van der Waals surface area contributed by atoms with Crippen LogP contribution in [0, 0.1) is 13.8 Å². The van der Waals surface area contributed by atoms with Gasteiger partial charge < -0.3 is 66.2 Å². The first-order valence-corrected chi connectivity index (χ1v) is 21.6. The summed E-state index contributed by atoms with van der Waals surface area (Å²) >= 11 is 1.57. The summed E-state index contributed by atoms with van der Waals surface area (Å²) in [5, 5.41) is 136. The summed E-state index contributed by atoms with van der Waals surface area (Å²) in [5.41, 5.74) is 2.67. The molecule has 1 aliphatic carbocycles. The van der Waals surface area contributed by atoms with Crippen LogP contribution < -0.4 is 4.90 Å². The Bertz CT molecular complexity index is 3610. The first kappa shape index (κ1) is 41.0. The lowest BCUT2D eigenvalue weighted by Crippen LogP contribution is -2.32. The monoisotopic (exact) mass is 911 g/mol. The fourth-order valence-electron chi connectivity index (χ4n) is 10.2. The van der Waals surface area contributed by atoms with Gasteiger partial charge in [0.05, 0.1) is 21.8 Å². The minimum Gasteiger partial charge on any atom is -0.507 e. The highest BCUT2D eigenvalue weighted by Crippen LogP contribution is 2.68. The van der Waals surface area contributed by atoms with Crippen molar-refractivity contribution in [3.63, 3.8) is 0 Å². The number of phenols is 12. The van der Waals surface area contributed by atoms with E-state index < -0.39 is 73.6 Å². The second-order valence-electron chi connectivity index (χ2n) is 16.7. The van der Waals surface area contributed by atoms with Crippen LogP contribution >= 0.6 is 11.8 Å². The molecular formula is C53H37NO12S. The summed E-state index contributed by atoms with van der Waals surface area (Å²) in [4.78, 5) is 3.10. The molecule has 11 rings (SSSR count). The Morgan fingerprint density at radius 1 is 0.403 bits per heavy atom. The fraction of sp³-hybridized carbons (Fsp3) is 0.0566. The van der Waals surface area contributed by atoms with Gasteiger partial charge in [0.15, 0.2) is 40.2 Å². The third kappa shape index (κ3) is 5.20. The van der Waals surface area contributed by atoms with Crippen LogP contribution in [-0.2, 0) is 5.41 Å². The fourth-order valence-corrected chi connectivity index (χ4v) is 11.4. The number of hydrogen-bond acceptors (Lipinski definition) is 14. The van der Waals surface area contributed by atoms with Gasteiger partial charge in [-0.2, -0.15) is 0 Å². The van der Waals surface area contributed by atoms with E-state index in [0.717, 1.165) is 20.9 Å². The lowest BCUT2D eigenvalue weighted by Gasteiger charge is -2.40. The lowest BCUT2D eigenvalue weighted by molar-refractivity contribution is 0.347.